The van der Waals surface area contributed by atoms with Gasteiger partial charge in [0.05, 0.1) is 0 Å². The van der Waals surface area contributed by atoms with E-state index in [2.05, 4.69) is 10.3 Å². The highest BCUT2D eigenvalue weighted by Gasteiger charge is 2.19. The van der Waals surface area contributed by atoms with E-state index in [0.717, 1.165) is 12.1 Å². The van der Waals surface area contributed by atoms with Crippen LogP contribution in [-0.2, 0) is 0 Å². The molecule has 1 aliphatic heterocycles. The van der Waals surface area contributed by atoms with Crippen LogP contribution in [0.4, 0.5) is 5.69 Å². The van der Waals surface area contributed by atoms with Gasteiger partial charge in [-0.05, 0) is 12.1 Å². The van der Waals surface area contributed by atoms with Gasteiger partial charge in [0.1, 0.15) is 11.2 Å². The minimum absolute atomic E-state index is 0.00398. The molecule has 68 valence electrons. The molecule has 1 aromatic rings. The van der Waals surface area contributed by atoms with Crippen molar-refractivity contribution < 1.29 is 4.74 Å². The van der Waals surface area contributed by atoms with E-state index in [1.54, 1.807) is 12.1 Å². The Labute approximate surface area is 76.1 Å². The Morgan fingerprint density at radius 1 is 1.62 bits per heavy atom. The Balaban J connectivity index is 2.43. The summed E-state index contributed by atoms with van der Waals surface area (Å²) in [5, 5.41) is 10.6. The van der Waals surface area contributed by atoms with Crippen LogP contribution in [0.5, 0.6) is 5.88 Å². The van der Waals surface area contributed by atoms with Crippen LogP contribution in [0, 0.1) is 5.41 Å². The number of fused-ring (bicyclic) bond motifs is 1. The summed E-state index contributed by atoms with van der Waals surface area (Å²) in [6, 6.07) is 5.29. The molecule has 0 bridgehead atoms. The first-order valence-corrected chi connectivity index (χ1v) is 4.29. The first kappa shape index (κ1) is 8.04. The monoisotopic (exact) mass is 177 g/mol. The topological polar surface area (TPSA) is 58.0 Å². The fraction of sp³-hybridized carbons (Fsp3) is 0.333. The maximum absolute atomic E-state index is 7.39. The molecule has 0 saturated carbocycles. The SMILES string of the molecule is CCC1Nc2cccc(=N)nc2O1. The van der Waals surface area contributed by atoms with Crippen molar-refractivity contribution >= 4 is 5.69 Å². The minimum Gasteiger partial charge on any atom is -0.452 e. The van der Waals surface area contributed by atoms with Gasteiger partial charge in [-0.15, -0.1) is 0 Å². The summed E-state index contributed by atoms with van der Waals surface area (Å²) in [7, 11) is 0. The zero-order chi connectivity index (χ0) is 9.26. The quantitative estimate of drug-likeness (QED) is 0.675. The lowest BCUT2D eigenvalue weighted by molar-refractivity contribution is 0.240. The van der Waals surface area contributed by atoms with Gasteiger partial charge in [0.25, 0.3) is 0 Å². The van der Waals surface area contributed by atoms with Crippen molar-refractivity contribution in [3.8, 4) is 5.88 Å². The lowest BCUT2D eigenvalue weighted by atomic mass is 10.4. The van der Waals surface area contributed by atoms with Crippen LogP contribution >= 0.6 is 0 Å². The highest BCUT2D eigenvalue weighted by Crippen LogP contribution is 2.27. The van der Waals surface area contributed by atoms with Crippen LogP contribution in [0.1, 0.15) is 13.3 Å². The largest absolute Gasteiger partial charge is 0.452 e. The second-order valence-corrected chi connectivity index (χ2v) is 2.90. The van der Waals surface area contributed by atoms with E-state index in [1.807, 2.05) is 13.0 Å². The summed E-state index contributed by atoms with van der Waals surface area (Å²) in [6.45, 7) is 2.03. The molecule has 2 rings (SSSR count). The Morgan fingerprint density at radius 2 is 2.46 bits per heavy atom. The summed E-state index contributed by atoms with van der Waals surface area (Å²) in [4.78, 5) is 4.00. The molecule has 13 heavy (non-hydrogen) atoms. The predicted octanol–water partition coefficient (Wildman–Crippen LogP) is 1.10. The van der Waals surface area contributed by atoms with Crippen LogP contribution in [0.25, 0.3) is 0 Å². The van der Waals surface area contributed by atoms with Gasteiger partial charge in [-0.3, -0.25) is 5.41 Å². The standard InChI is InChI=1S/C9H11N3O/c1-2-8-11-6-4-3-5-7(10)12-9(6)13-8/h3-5,8,10-11H,2H2,1H3. The maximum Gasteiger partial charge on any atom is 0.241 e. The third-order valence-electron chi connectivity index (χ3n) is 1.91. The number of hydrogen-bond donors (Lipinski definition) is 2. The number of nitrogens with zero attached hydrogens (tertiary/aromatic N) is 1. The molecule has 1 aromatic heterocycles. The normalized spacial score (nSPS) is 18.7. The molecular weight excluding hydrogens is 166 g/mol. The van der Waals surface area contributed by atoms with Gasteiger partial charge < -0.3 is 10.1 Å². The Hall–Kier alpha value is -1.58. The lowest BCUT2D eigenvalue weighted by Crippen LogP contribution is -2.18. The van der Waals surface area contributed by atoms with Gasteiger partial charge in [0.15, 0.2) is 6.23 Å². The average molecular weight is 177 g/mol. The highest BCUT2D eigenvalue weighted by atomic mass is 16.5. The van der Waals surface area contributed by atoms with E-state index in [-0.39, 0.29) is 11.7 Å². The number of nitrogens with one attached hydrogen (secondary N) is 2. The van der Waals surface area contributed by atoms with E-state index >= 15 is 0 Å². The second kappa shape index (κ2) is 3.05. The number of hydrogen-bond acceptors (Lipinski definition) is 4. The summed E-state index contributed by atoms with van der Waals surface area (Å²) in [5.74, 6) is 0.529. The fourth-order valence-corrected chi connectivity index (χ4v) is 1.24. The van der Waals surface area contributed by atoms with E-state index < -0.39 is 0 Å². The maximum atomic E-state index is 7.39. The molecule has 0 radical (unpaired) electrons. The van der Waals surface area contributed by atoms with Crippen molar-refractivity contribution in [3.63, 3.8) is 0 Å². The van der Waals surface area contributed by atoms with Gasteiger partial charge in [-0.1, -0.05) is 13.0 Å². The van der Waals surface area contributed by atoms with E-state index in [4.69, 9.17) is 10.1 Å². The Kier molecular flexibility index (Phi) is 1.88. The zero-order valence-corrected chi connectivity index (χ0v) is 7.37. The summed E-state index contributed by atoms with van der Waals surface area (Å²) in [5.41, 5.74) is 1.09. The second-order valence-electron chi connectivity index (χ2n) is 2.90. The molecule has 0 saturated heterocycles. The van der Waals surface area contributed by atoms with Crippen molar-refractivity contribution in [3.05, 3.63) is 23.7 Å². The number of anilines is 1. The van der Waals surface area contributed by atoms with Gasteiger partial charge in [0, 0.05) is 6.42 Å². The molecule has 0 spiro atoms. The smallest absolute Gasteiger partial charge is 0.241 e. The highest BCUT2D eigenvalue weighted by molar-refractivity contribution is 5.55. The fourth-order valence-electron chi connectivity index (χ4n) is 1.24. The third kappa shape index (κ3) is 1.47. The molecule has 2 N–H and O–H groups in total. The van der Waals surface area contributed by atoms with Gasteiger partial charge in [-0.2, -0.15) is 4.98 Å². The molecule has 4 nitrogen and oxygen atoms in total. The summed E-state index contributed by atoms with van der Waals surface area (Å²) < 4.78 is 5.45. The van der Waals surface area contributed by atoms with Crippen molar-refractivity contribution in [1.29, 1.82) is 5.41 Å². The number of aromatic nitrogens is 1. The molecule has 0 aliphatic carbocycles. The molecule has 0 fully saturated rings. The van der Waals surface area contributed by atoms with Crippen molar-refractivity contribution in [2.45, 2.75) is 19.6 Å². The zero-order valence-electron chi connectivity index (χ0n) is 7.37. The molecule has 4 heteroatoms. The third-order valence-corrected chi connectivity index (χ3v) is 1.91. The number of ether oxygens (including phenoxy) is 1. The van der Waals surface area contributed by atoms with E-state index in [1.165, 1.54) is 0 Å². The molecular formula is C9H11N3O. The molecule has 0 amide bonds. The first-order chi connectivity index (χ1) is 6.29. The molecule has 1 atom stereocenters. The average Bonchev–Trinajstić information content (AvgIpc) is 2.41. The van der Waals surface area contributed by atoms with E-state index in [9.17, 15) is 0 Å². The van der Waals surface area contributed by atoms with Gasteiger partial charge in [-0.25, -0.2) is 0 Å². The summed E-state index contributed by atoms with van der Waals surface area (Å²) in [6.07, 6.45) is 0.886. The minimum atomic E-state index is 0.00398. The summed E-state index contributed by atoms with van der Waals surface area (Å²) >= 11 is 0. The molecule has 1 aliphatic rings. The van der Waals surface area contributed by atoms with Crippen molar-refractivity contribution in [1.82, 2.24) is 4.98 Å². The molecule has 0 aromatic carbocycles. The first-order valence-electron chi connectivity index (χ1n) is 4.29. The lowest BCUT2D eigenvalue weighted by Gasteiger charge is -2.05. The van der Waals surface area contributed by atoms with Gasteiger partial charge in [0.2, 0.25) is 5.88 Å². The van der Waals surface area contributed by atoms with Crippen molar-refractivity contribution in [2.75, 3.05) is 5.32 Å². The molecule has 2 heterocycles. The Morgan fingerprint density at radius 3 is 3.23 bits per heavy atom. The van der Waals surface area contributed by atoms with Crippen LogP contribution in [0.3, 0.4) is 0 Å². The Bertz CT molecular complexity index is 378. The van der Waals surface area contributed by atoms with Crippen LogP contribution in [0.15, 0.2) is 18.2 Å². The van der Waals surface area contributed by atoms with Crippen LogP contribution < -0.4 is 15.5 Å². The number of rotatable bonds is 1. The van der Waals surface area contributed by atoms with Crippen LogP contribution in [-0.4, -0.2) is 11.2 Å². The molecule has 1 unspecified atom stereocenters. The predicted molar refractivity (Wildman–Crippen MR) is 48.4 cm³/mol. The van der Waals surface area contributed by atoms with E-state index in [0.29, 0.717) is 5.88 Å². The van der Waals surface area contributed by atoms with Crippen LogP contribution in [0.2, 0.25) is 0 Å². The van der Waals surface area contributed by atoms with Gasteiger partial charge >= 0.3 is 0 Å². The van der Waals surface area contributed by atoms with Crippen molar-refractivity contribution in [2.24, 2.45) is 0 Å².